The van der Waals surface area contributed by atoms with Gasteiger partial charge in [-0.05, 0) is 70.1 Å². The van der Waals surface area contributed by atoms with Gasteiger partial charge in [0.15, 0.2) is 0 Å². The summed E-state index contributed by atoms with van der Waals surface area (Å²) >= 11 is 0. The molecule has 0 aliphatic carbocycles. The highest BCUT2D eigenvalue weighted by atomic mass is 28.4. The summed E-state index contributed by atoms with van der Waals surface area (Å²) in [5.41, 5.74) is 0.191. The van der Waals surface area contributed by atoms with E-state index in [1.54, 1.807) is 0 Å². The van der Waals surface area contributed by atoms with E-state index in [4.69, 9.17) is 13.7 Å². The van der Waals surface area contributed by atoms with E-state index in [0.717, 1.165) is 12.0 Å². The van der Waals surface area contributed by atoms with Crippen LogP contribution in [0.5, 0.6) is 0 Å². The zero-order valence-corrected chi connectivity index (χ0v) is 19.4. The van der Waals surface area contributed by atoms with Crippen LogP contribution >= 0.6 is 0 Å². The first kappa shape index (κ1) is 22.2. The number of halogens is 1. The summed E-state index contributed by atoms with van der Waals surface area (Å²) in [7, 11) is -2.39. The number of rotatable bonds is 7. The van der Waals surface area contributed by atoms with Crippen molar-refractivity contribution in [3.8, 4) is 0 Å². The molecule has 0 spiro atoms. The SMILES string of the molecule is CC1(C)OB(C(CCO[Si](C)(C)c2ccccc2)c2ccc(F)cc2)OC1(C)C. The molecule has 1 aliphatic rings. The van der Waals surface area contributed by atoms with Gasteiger partial charge < -0.3 is 13.7 Å². The van der Waals surface area contributed by atoms with Crippen LogP contribution in [0.4, 0.5) is 4.39 Å². The maximum absolute atomic E-state index is 13.5. The van der Waals surface area contributed by atoms with Crippen LogP contribution < -0.4 is 5.19 Å². The molecule has 0 amide bonds. The second-order valence-corrected chi connectivity index (χ2v) is 13.2. The van der Waals surface area contributed by atoms with E-state index < -0.39 is 26.6 Å². The van der Waals surface area contributed by atoms with E-state index in [9.17, 15) is 4.39 Å². The molecule has 1 atom stereocenters. The summed E-state index contributed by atoms with van der Waals surface area (Å²) in [4.78, 5) is 0. The van der Waals surface area contributed by atoms with Crippen molar-refractivity contribution in [2.24, 2.45) is 0 Å². The fourth-order valence-electron chi connectivity index (χ4n) is 3.59. The lowest BCUT2D eigenvalue weighted by Gasteiger charge is -2.32. The van der Waals surface area contributed by atoms with Crippen molar-refractivity contribution in [1.29, 1.82) is 0 Å². The van der Waals surface area contributed by atoms with Gasteiger partial charge in [0.25, 0.3) is 0 Å². The second-order valence-electron chi connectivity index (χ2n) is 9.30. The molecule has 1 fully saturated rings. The van der Waals surface area contributed by atoms with Crippen LogP contribution in [-0.2, 0) is 13.7 Å². The van der Waals surface area contributed by atoms with Crippen LogP contribution in [0.3, 0.4) is 0 Å². The number of benzene rings is 2. The molecular weight excluding hydrogens is 382 g/mol. The van der Waals surface area contributed by atoms with Gasteiger partial charge in [-0.15, -0.1) is 0 Å². The van der Waals surface area contributed by atoms with Gasteiger partial charge >= 0.3 is 7.12 Å². The smallest absolute Gasteiger partial charge is 0.413 e. The minimum atomic E-state index is -1.99. The Bertz CT molecular complexity index is 793. The van der Waals surface area contributed by atoms with Gasteiger partial charge in [-0.25, -0.2) is 4.39 Å². The first-order valence-electron chi connectivity index (χ1n) is 10.3. The average molecular weight is 414 g/mol. The van der Waals surface area contributed by atoms with Gasteiger partial charge in [0, 0.05) is 12.4 Å². The standard InChI is InChI=1S/C23H32BFO3Si/c1-22(2)23(3,4)28-24(27-22)21(18-12-14-19(25)15-13-18)16-17-26-29(5,6)20-10-8-7-9-11-20/h7-15,21H,16-17H2,1-6H3. The molecule has 1 aliphatic heterocycles. The van der Waals surface area contributed by atoms with E-state index in [0.29, 0.717) is 6.61 Å². The predicted molar refractivity (Wildman–Crippen MR) is 119 cm³/mol. The number of hydrogen-bond acceptors (Lipinski definition) is 3. The van der Waals surface area contributed by atoms with Crippen molar-refractivity contribution >= 4 is 20.6 Å². The molecule has 3 rings (SSSR count). The minimum absolute atomic E-state index is 0.0303. The first-order valence-corrected chi connectivity index (χ1v) is 13.2. The van der Waals surface area contributed by atoms with Crippen LogP contribution in [0.2, 0.25) is 13.1 Å². The highest BCUT2D eigenvalue weighted by Crippen LogP contribution is 2.41. The molecule has 0 bridgehead atoms. The molecule has 2 aromatic carbocycles. The summed E-state index contributed by atoms with van der Waals surface area (Å²) < 4.78 is 32.5. The fourth-order valence-corrected chi connectivity index (χ4v) is 5.38. The molecule has 29 heavy (non-hydrogen) atoms. The fraction of sp³-hybridized carbons (Fsp3) is 0.478. The molecule has 0 saturated carbocycles. The zero-order chi connectivity index (χ0) is 21.3. The second kappa shape index (κ2) is 8.34. The molecule has 0 aromatic heterocycles. The number of hydrogen-bond donors (Lipinski definition) is 0. The van der Waals surface area contributed by atoms with Crippen LogP contribution in [-0.4, -0.2) is 33.2 Å². The molecule has 156 valence electrons. The summed E-state index contributed by atoms with van der Waals surface area (Å²) in [6.07, 6.45) is 0.742. The van der Waals surface area contributed by atoms with Gasteiger partial charge in [0.1, 0.15) is 5.82 Å². The molecule has 1 heterocycles. The Morgan fingerprint density at radius 1 is 0.931 bits per heavy atom. The molecule has 1 saturated heterocycles. The van der Waals surface area contributed by atoms with E-state index in [2.05, 4.69) is 65.1 Å². The van der Waals surface area contributed by atoms with Crippen molar-refractivity contribution in [3.63, 3.8) is 0 Å². The zero-order valence-electron chi connectivity index (χ0n) is 18.4. The lowest BCUT2D eigenvalue weighted by molar-refractivity contribution is 0.00578. The van der Waals surface area contributed by atoms with Crippen molar-refractivity contribution in [1.82, 2.24) is 0 Å². The summed E-state index contributed by atoms with van der Waals surface area (Å²) in [5, 5.41) is 1.27. The first-order chi connectivity index (χ1) is 13.5. The Morgan fingerprint density at radius 2 is 1.48 bits per heavy atom. The monoisotopic (exact) mass is 414 g/mol. The van der Waals surface area contributed by atoms with E-state index in [1.165, 1.54) is 17.3 Å². The van der Waals surface area contributed by atoms with Crippen molar-refractivity contribution in [2.75, 3.05) is 6.61 Å². The highest BCUT2D eigenvalue weighted by molar-refractivity contribution is 6.84. The highest BCUT2D eigenvalue weighted by Gasteiger charge is 2.53. The molecule has 6 heteroatoms. The van der Waals surface area contributed by atoms with E-state index >= 15 is 0 Å². The largest absolute Gasteiger partial charge is 0.465 e. The van der Waals surface area contributed by atoms with Crippen LogP contribution in [0, 0.1) is 5.82 Å². The van der Waals surface area contributed by atoms with Crippen molar-refractivity contribution < 1.29 is 18.1 Å². The third-order valence-corrected chi connectivity index (χ3v) is 8.91. The molecule has 0 N–H and O–H groups in total. The van der Waals surface area contributed by atoms with Crippen molar-refractivity contribution in [3.05, 3.63) is 66.0 Å². The van der Waals surface area contributed by atoms with Crippen molar-refractivity contribution in [2.45, 2.75) is 64.2 Å². The lowest BCUT2D eigenvalue weighted by atomic mass is 9.66. The quantitative estimate of drug-likeness (QED) is 0.593. The van der Waals surface area contributed by atoms with Crippen LogP contribution in [0.25, 0.3) is 0 Å². The normalized spacial score (nSPS) is 19.3. The Morgan fingerprint density at radius 3 is 2.03 bits per heavy atom. The van der Waals surface area contributed by atoms with Crippen LogP contribution in [0.1, 0.15) is 45.5 Å². The average Bonchev–Trinajstić information content (AvgIpc) is 2.87. The van der Waals surface area contributed by atoms with Gasteiger partial charge in [-0.3, -0.25) is 0 Å². The van der Waals surface area contributed by atoms with Gasteiger partial charge in [0.2, 0.25) is 8.32 Å². The molecule has 0 radical (unpaired) electrons. The van der Waals surface area contributed by atoms with E-state index in [1.807, 2.05) is 18.2 Å². The topological polar surface area (TPSA) is 27.7 Å². The maximum Gasteiger partial charge on any atom is 0.465 e. The van der Waals surface area contributed by atoms with E-state index in [-0.39, 0.29) is 11.6 Å². The minimum Gasteiger partial charge on any atom is -0.413 e. The molecule has 3 nitrogen and oxygen atoms in total. The molecule has 1 unspecified atom stereocenters. The van der Waals surface area contributed by atoms with Crippen LogP contribution in [0.15, 0.2) is 54.6 Å². The predicted octanol–water partition coefficient (Wildman–Crippen LogP) is 5.06. The maximum atomic E-state index is 13.5. The third kappa shape index (κ3) is 5.00. The third-order valence-electron chi connectivity index (χ3n) is 6.26. The molecular formula is C23H32BFO3Si. The van der Waals surface area contributed by atoms with Gasteiger partial charge in [0.05, 0.1) is 11.2 Å². The Labute approximate surface area is 175 Å². The summed E-state index contributed by atoms with van der Waals surface area (Å²) in [6, 6.07) is 17.1. The Hall–Kier alpha value is -1.47. The Balaban J connectivity index is 1.75. The lowest BCUT2D eigenvalue weighted by Crippen LogP contribution is -2.45. The summed E-state index contributed by atoms with van der Waals surface area (Å²) in [6.45, 7) is 13.2. The molecule has 2 aromatic rings. The van der Waals surface area contributed by atoms with Gasteiger partial charge in [-0.2, -0.15) is 0 Å². The Kier molecular flexibility index (Phi) is 6.39. The summed E-state index contributed by atoms with van der Waals surface area (Å²) in [5.74, 6) is -0.271. The van der Waals surface area contributed by atoms with Gasteiger partial charge in [-0.1, -0.05) is 42.5 Å².